The maximum absolute atomic E-state index is 13.3. The van der Waals surface area contributed by atoms with Crippen LogP contribution in [-0.2, 0) is 9.53 Å². The minimum atomic E-state index is -0.754. The van der Waals surface area contributed by atoms with Crippen molar-refractivity contribution < 1.29 is 28.4 Å². The molecular formula is C17H21FN2O6. The van der Waals surface area contributed by atoms with Crippen molar-refractivity contribution in [3.63, 3.8) is 0 Å². The van der Waals surface area contributed by atoms with Crippen LogP contribution in [0.4, 0.5) is 14.9 Å². The number of carbonyl (C=O) groups is 2. The largest absolute Gasteiger partial charge is 0.444 e. The molecule has 0 bridgehead atoms. The summed E-state index contributed by atoms with van der Waals surface area (Å²) in [6.45, 7) is 5.74. The Morgan fingerprint density at radius 1 is 1.35 bits per heavy atom. The molecule has 1 saturated heterocycles. The van der Waals surface area contributed by atoms with Crippen LogP contribution >= 0.6 is 0 Å². The molecule has 1 aromatic rings. The number of rotatable bonds is 3. The van der Waals surface area contributed by atoms with Crippen LogP contribution in [0.5, 0.6) is 5.75 Å². The number of halogens is 1. The second-order valence-corrected chi connectivity index (χ2v) is 7.06. The number of nitro groups is 1. The fourth-order valence-corrected chi connectivity index (χ4v) is 2.57. The summed E-state index contributed by atoms with van der Waals surface area (Å²) in [5.74, 6) is -2.61. The smallest absolute Gasteiger partial charge is 0.410 e. The van der Waals surface area contributed by atoms with Gasteiger partial charge in [0.25, 0.3) is 0 Å². The lowest BCUT2D eigenvalue weighted by molar-refractivity contribution is -0.385. The van der Waals surface area contributed by atoms with E-state index in [2.05, 4.69) is 0 Å². The Morgan fingerprint density at radius 3 is 2.65 bits per heavy atom. The lowest BCUT2D eigenvalue weighted by Crippen LogP contribution is -2.45. The van der Waals surface area contributed by atoms with Gasteiger partial charge in [0.05, 0.1) is 10.8 Å². The lowest BCUT2D eigenvalue weighted by Gasteiger charge is -2.33. The van der Waals surface area contributed by atoms with Gasteiger partial charge in [-0.05, 0) is 39.7 Å². The van der Waals surface area contributed by atoms with Gasteiger partial charge in [-0.1, -0.05) is 0 Å². The third-order valence-electron chi connectivity index (χ3n) is 3.74. The van der Waals surface area contributed by atoms with Gasteiger partial charge in [0.2, 0.25) is 5.75 Å². The van der Waals surface area contributed by atoms with E-state index in [4.69, 9.17) is 9.47 Å². The molecule has 0 spiro atoms. The molecule has 0 N–H and O–H groups in total. The van der Waals surface area contributed by atoms with Gasteiger partial charge >= 0.3 is 17.7 Å². The highest BCUT2D eigenvalue weighted by Gasteiger charge is 2.33. The Labute approximate surface area is 150 Å². The molecular weight excluding hydrogens is 347 g/mol. The van der Waals surface area contributed by atoms with Gasteiger partial charge in [0.1, 0.15) is 11.4 Å². The standard InChI is InChI=1S/C17H21FN2O6/c1-17(2,3)26-16(22)19-8-4-5-11(10-19)15(21)25-14-9-12(18)6-7-13(14)20(23)24/h6-7,9,11H,4-5,8,10H2,1-3H3/t11-/m0/s1. The SMILES string of the molecule is CC(C)(C)OC(=O)N1CCC[C@H](C(=O)Oc2cc(F)ccc2[N+](=O)[O-])C1. The second-order valence-electron chi connectivity index (χ2n) is 7.06. The number of amides is 1. The normalized spacial score (nSPS) is 17.5. The van der Waals surface area contributed by atoms with Crippen molar-refractivity contribution in [1.29, 1.82) is 0 Å². The number of piperidine rings is 1. The Balaban J connectivity index is 2.07. The highest BCUT2D eigenvalue weighted by Crippen LogP contribution is 2.29. The van der Waals surface area contributed by atoms with Gasteiger partial charge in [-0.25, -0.2) is 9.18 Å². The maximum Gasteiger partial charge on any atom is 0.410 e. The average Bonchev–Trinajstić information content (AvgIpc) is 2.53. The molecule has 1 aromatic carbocycles. The average molecular weight is 368 g/mol. The van der Waals surface area contributed by atoms with Crippen molar-refractivity contribution in [1.82, 2.24) is 4.90 Å². The van der Waals surface area contributed by atoms with Gasteiger partial charge < -0.3 is 14.4 Å². The third kappa shape index (κ3) is 5.14. The van der Waals surface area contributed by atoms with Crippen LogP contribution in [0, 0.1) is 21.8 Å². The van der Waals surface area contributed by atoms with Crippen LogP contribution < -0.4 is 4.74 Å². The van der Waals surface area contributed by atoms with Gasteiger partial charge in [-0.15, -0.1) is 0 Å². The molecule has 1 aliphatic heterocycles. The number of carbonyl (C=O) groups excluding carboxylic acids is 2. The molecule has 1 amide bonds. The van der Waals surface area contributed by atoms with E-state index < -0.39 is 45.8 Å². The summed E-state index contributed by atoms with van der Waals surface area (Å²) in [4.78, 5) is 36.1. The predicted octanol–water partition coefficient (Wildman–Crippen LogP) is 3.29. The van der Waals surface area contributed by atoms with Gasteiger partial charge in [-0.2, -0.15) is 0 Å². The van der Waals surface area contributed by atoms with Crippen LogP contribution in [0.3, 0.4) is 0 Å². The summed E-state index contributed by atoms with van der Waals surface area (Å²) in [5, 5.41) is 11.0. The van der Waals surface area contributed by atoms with Crippen molar-refractivity contribution in [2.75, 3.05) is 13.1 Å². The van der Waals surface area contributed by atoms with E-state index in [-0.39, 0.29) is 6.54 Å². The first-order valence-electron chi connectivity index (χ1n) is 8.20. The van der Waals surface area contributed by atoms with Crippen molar-refractivity contribution in [3.05, 3.63) is 34.1 Å². The Morgan fingerprint density at radius 2 is 2.04 bits per heavy atom. The zero-order valence-electron chi connectivity index (χ0n) is 14.9. The summed E-state index contributed by atoms with van der Waals surface area (Å²) in [5.41, 5.74) is -1.16. The van der Waals surface area contributed by atoms with Crippen LogP contribution in [0.1, 0.15) is 33.6 Å². The van der Waals surface area contributed by atoms with Gasteiger partial charge in [-0.3, -0.25) is 14.9 Å². The van der Waals surface area contributed by atoms with Gasteiger partial charge in [0.15, 0.2) is 0 Å². The van der Waals surface area contributed by atoms with Crippen molar-refractivity contribution >= 4 is 17.7 Å². The molecule has 1 atom stereocenters. The predicted molar refractivity (Wildman–Crippen MR) is 89.2 cm³/mol. The molecule has 0 aromatic heterocycles. The van der Waals surface area contributed by atoms with E-state index in [1.807, 2.05) is 0 Å². The second kappa shape index (κ2) is 7.67. The number of nitrogens with zero attached hydrogens (tertiary/aromatic N) is 2. The van der Waals surface area contributed by atoms with Crippen LogP contribution in [-0.4, -0.2) is 40.6 Å². The quantitative estimate of drug-likeness (QED) is 0.351. The summed E-state index contributed by atoms with van der Waals surface area (Å²) in [6.07, 6.45) is 0.484. The highest BCUT2D eigenvalue weighted by atomic mass is 19.1. The molecule has 8 nitrogen and oxygen atoms in total. The van der Waals surface area contributed by atoms with E-state index in [1.165, 1.54) is 4.90 Å². The molecule has 1 heterocycles. The summed E-state index contributed by atoms with van der Waals surface area (Å²) in [7, 11) is 0. The molecule has 2 rings (SSSR count). The zero-order valence-corrected chi connectivity index (χ0v) is 14.9. The molecule has 1 aliphatic rings. The van der Waals surface area contributed by atoms with E-state index >= 15 is 0 Å². The monoisotopic (exact) mass is 368 g/mol. The Kier molecular flexibility index (Phi) is 5.79. The highest BCUT2D eigenvalue weighted by molar-refractivity contribution is 5.78. The number of hydrogen-bond acceptors (Lipinski definition) is 6. The molecule has 0 unspecified atom stereocenters. The van der Waals surface area contributed by atoms with E-state index in [9.17, 15) is 24.1 Å². The van der Waals surface area contributed by atoms with Gasteiger partial charge in [0, 0.05) is 25.2 Å². The Hall–Kier alpha value is -2.71. The zero-order chi connectivity index (χ0) is 19.5. The third-order valence-corrected chi connectivity index (χ3v) is 3.74. The number of nitro benzene ring substituents is 1. The van der Waals surface area contributed by atoms with E-state index in [0.29, 0.717) is 19.4 Å². The number of likely N-dealkylation sites (tertiary alicyclic amines) is 1. The minimum Gasteiger partial charge on any atom is -0.444 e. The van der Waals surface area contributed by atoms with Crippen LogP contribution in [0.25, 0.3) is 0 Å². The van der Waals surface area contributed by atoms with Crippen molar-refractivity contribution in [2.45, 2.75) is 39.2 Å². The first-order valence-corrected chi connectivity index (χ1v) is 8.20. The lowest BCUT2D eigenvalue weighted by atomic mass is 9.98. The first kappa shape index (κ1) is 19.6. The van der Waals surface area contributed by atoms with Crippen molar-refractivity contribution in [2.24, 2.45) is 5.92 Å². The van der Waals surface area contributed by atoms with E-state index in [0.717, 1.165) is 18.2 Å². The minimum absolute atomic E-state index is 0.0802. The van der Waals surface area contributed by atoms with Crippen LogP contribution in [0.2, 0.25) is 0 Å². The molecule has 1 fully saturated rings. The van der Waals surface area contributed by atoms with Crippen LogP contribution in [0.15, 0.2) is 18.2 Å². The summed E-state index contributed by atoms with van der Waals surface area (Å²) in [6, 6.07) is 2.65. The fourth-order valence-electron chi connectivity index (χ4n) is 2.57. The molecule has 0 aliphatic carbocycles. The maximum atomic E-state index is 13.3. The summed E-state index contributed by atoms with van der Waals surface area (Å²) >= 11 is 0. The molecule has 26 heavy (non-hydrogen) atoms. The first-order chi connectivity index (χ1) is 12.1. The topological polar surface area (TPSA) is 99.0 Å². The molecule has 9 heteroatoms. The van der Waals surface area contributed by atoms with E-state index in [1.54, 1.807) is 20.8 Å². The number of ether oxygens (including phenoxy) is 2. The molecule has 142 valence electrons. The summed E-state index contributed by atoms with van der Waals surface area (Å²) < 4.78 is 23.7. The molecule has 0 saturated carbocycles. The number of esters is 1. The van der Waals surface area contributed by atoms with Crippen molar-refractivity contribution in [3.8, 4) is 5.75 Å². The molecule has 0 radical (unpaired) electrons. The number of hydrogen-bond donors (Lipinski definition) is 0. The fraction of sp³-hybridized carbons (Fsp3) is 0.529. The Bertz CT molecular complexity index is 716. The number of benzene rings is 1.